The maximum Gasteiger partial charge on any atom is 0.340 e. The minimum Gasteiger partial charge on any atom is -0.449 e. The molecule has 0 saturated heterocycles. The molecule has 1 heterocycles. The molecular weight excluding hydrogens is 360 g/mol. The van der Waals surface area contributed by atoms with Crippen LogP contribution in [-0.4, -0.2) is 22.4 Å². The van der Waals surface area contributed by atoms with Gasteiger partial charge in [-0.1, -0.05) is 29.8 Å². The molecule has 0 aliphatic rings. The van der Waals surface area contributed by atoms with Gasteiger partial charge in [-0.25, -0.2) is 4.79 Å². The van der Waals surface area contributed by atoms with Crippen LogP contribution in [0.1, 0.15) is 29.3 Å². The lowest BCUT2D eigenvalue weighted by Gasteiger charge is -2.11. The minimum absolute atomic E-state index is 0.226. The quantitative estimate of drug-likeness (QED) is 0.461. The number of esters is 1. The lowest BCUT2D eigenvalue weighted by Crippen LogP contribution is -2.10. The second-order valence-electron chi connectivity index (χ2n) is 5.20. The minimum atomic E-state index is -0.688. The van der Waals surface area contributed by atoms with Gasteiger partial charge in [0, 0.05) is 10.5 Å². The van der Waals surface area contributed by atoms with Crippen molar-refractivity contribution >= 4 is 29.3 Å². The molecule has 1 aromatic heterocycles. The summed E-state index contributed by atoms with van der Waals surface area (Å²) in [7, 11) is 0. The number of nitrogens with zero attached hydrogens (tertiary/aromatic N) is 2. The van der Waals surface area contributed by atoms with Crippen LogP contribution in [0.25, 0.3) is 11.5 Å². The monoisotopic (exact) mass is 374 g/mol. The van der Waals surface area contributed by atoms with Gasteiger partial charge in [0.1, 0.15) is 0 Å². The fraction of sp³-hybridized carbons (Fsp3) is 0.167. The molecule has 1 atom stereocenters. The first-order chi connectivity index (χ1) is 12.1. The Kier molecular flexibility index (Phi) is 5.40. The molecule has 1 unspecified atom stereocenters. The highest BCUT2D eigenvalue weighted by Crippen LogP contribution is 2.27. The second-order valence-corrected chi connectivity index (χ2v) is 6.49. The van der Waals surface area contributed by atoms with Gasteiger partial charge in [-0.2, -0.15) is 0 Å². The van der Waals surface area contributed by atoms with Gasteiger partial charge in [0.25, 0.3) is 5.89 Å². The van der Waals surface area contributed by atoms with Crippen LogP contribution < -0.4 is 0 Å². The fourth-order valence-corrected chi connectivity index (χ4v) is 2.79. The second kappa shape index (κ2) is 7.72. The molecule has 0 bridgehead atoms. The number of hydrogen-bond donors (Lipinski definition) is 0. The number of rotatable bonds is 5. The van der Waals surface area contributed by atoms with Crippen molar-refractivity contribution in [2.24, 2.45) is 0 Å². The lowest BCUT2D eigenvalue weighted by molar-refractivity contribution is 0.0280. The molecule has 0 spiro atoms. The van der Waals surface area contributed by atoms with E-state index in [1.54, 1.807) is 19.1 Å². The van der Waals surface area contributed by atoms with Crippen molar-refractivity contribution in [1.29, 1.82) is 0 Å². The highest BCUT2D eigenvalue weighted by atomic mass is 35.5. The molecular formula is C18H15ClN2O3S. The van der Waals surface area contributed by atoms with Crippen molar-refractivity contribution in [2.45, 2.75) is 17.9 Å². The average Bonchev–Trinajstić information content (AvgIpc) is 3.13. The van der Waals surface area contributed by atoms with Crippen molar-refractivity contribution in [1.82, 2.24) is 10.2 Å². The summed E-state index contributed by atoms with van der Waals surface area (Å²) in [6.45, 7) is 1.67. The SMILES string of the molecule is CSc1ccc(Cl)c(C(=O)OC(C)c2nnc(-c3ccccc3)o2)c1. The Morgan fingerprint density at radius 2 is 1.96 bits per heavy atom. The molecule has 0 radical (unpaired) electrons. The summed E-state index contributed by atoms with van der Waals surface area (Å²) >= 11 is 7.62. The lowest BCUT2D eigenvalue weighted by atomic mass is 10.2. The van der Waals surface area contributed by atoms with Crippen molar-refractivity contribution in [2.75, 3.05) is 6.26 Å². The Balaban J connectivity index is 1.75. The Hall–Kier alpha value is -2.31. The average molecular weight is 375 g/mol. The van der Waals surface area contributed by atoms with Crippen LogP contribution in [0.15, 0.2) is 57.8 Å². The zero-order valence-corrected chi connectivity index (χ0v) is 15.2. The van der Waals surface area contributed by atoms with Crippen LogP contribution in [0.5, 0.6) is 0 Å². The molecule has 0 N–H and O–H groups in total. The van der Waals surface area contributed by atoms with E-state index in [1.165, 1.54) is 11.8 Å². The molecule has 0 aliphatic heterocycles. The number of carbonyl (C=O) groups excluding carboxylic acids is 1. The molecule has 3 aromatic rings. The van der Waals surface area contributed by atoms with E-state index in [2.05, 4.69) is 10.2 Å². The highest BCUT2D eigenvalue weighted by Gasteiger charge is 2.21. The molecule has 5 nitrogen and oxygen atoms in total. The predicted molar refractivity (Wildman–Crippen MR) is 96.8 cm³/mol. The van der Waals surface area contributed by atoms with Crippen molar-refractivity contribution < 1.29 is 13.9 Å². The van der Waals surface area contributed by atoms with Gasteiger partial charge in [-0.3, -0.25) is 0 Å². The topological polar surface area (TPSA) is 65.2 Å². The third kappa shape index (κ3) is 4.03. The molecule has 3 rings (SSSR count). The van der Waals surface area contributed by atoms with Crippen LogP contribution in [-0.2, 0) is 4.74 Å². The number of ether oxygens (including phenoxy) is 1. The molecule has 0 saturated carbocycles. The normalized spacial score (nSPS) is 12.0. The van der Waals surface area contributed by atoms with Crippen LogP contribution in [0, 0.1) is 0 Å². The summed E-state index contributed by atoms with van der Waals surface area (Å²) in [6.07, 6.45) is 1.23. The standard InChI is InChI=1S/C18H15ClN2O3S/c1-11(16-20-21-17(24-16)12-6-4-3-5-7-12)23-18(22)14-10-13(25-2)8-9-15(14)19/h3-11H,1-2H3. The number of halogens is 1. The third-order valence-electron chi connectivity index (χ3n) is 3.49. The van der Waals surface area contributed by atoms with E-state index in [1.807, 2.05) is 42.7 Å². The van der Waals surface area contributed by atoms with Gasteiger partial charge >= 0.3 is 5.97 Å². The van der Waals surface area contributed by atoms with Crippen molar-refractivity contribution in [3.05, 3.63) is 65.0 Å². The van der Waals surface area contributed by atoms with Gasteiger partial charge in [0.05, 0.1) is 10.6 Å². The number of benzene rings is 2. The fourth-order valence-electron chi connectivity index (χ4n) is 2.16. The van der Waals surface area contributed by atoms with E-state index >= 15 is 0 Å². The first-order valence-electron chi connectivity index (χ1n) is 7.52. The van der Waals surface area contributed by atoms with E-state index in [9.17, 15) is 4.79 Å². The maximum absolute atomic E-state index is 12.4. The summed E-state index contributed by atoms with van der Waals surface area (Å²) < 4.78 is 11.0. The molecule has 0 aliphatic carbocycles. The maximum atomic E-state index is 12.4. The van der Waals surface area contributed by atoms with E-state index in [4.69, 9.17) is 20.8 Å². The summed E-state index contributed by atoms with van der Waals surface area (Å²) in [5.74, 6) is 0.0677. The van der Waals surface area contributed by atoms with Gasteiger partial charge in [-0.05, 0) is 43.5 Å². The van der Waals surface area contributed by atoms with Gasteiger partial charge in [0.15, 0.2) is 6.10 Å². The van der Waals surface area contributed by atoms with E-state index in [-0.39, 0.29) is 5.89 Å². The van der Waals surface area contributed by atoms with E-state index in [0.717, 1.165) is 10.5 Å². The summed E-state index contributed by atoms with van der Waals surface area (Å²) in [5, 5.41) is 8.30. The zero-order valence-electron chi connectivity index (χ0n) is 13.6. The third-order valence-corrected chi connectivity index (χ3v) is 4.54. The van der Waals surface area contributed by atoms with Crippen molar-refractivity contribution in [3.63, 3.8) is 0 Å². The summed E-state index contributed by atoms with van der Waals surface area (Å²) in [5.41, 5.74) is 1.11. The van der Waals surface area contributed by atoms with Crippen LogP contribution in [0.2, 0.25) is 5.02 Å². The van der Waals surface area contributed by atoms with Gasteiger partial charge in [0.2, 0.25) is 5.89 Å². The van der Waals surface area contributed by atoms with Crippen molar-refractivity contribution in [3.8, 4) is 11.5 Å². The summed E-state index contributed by atoms with van der Waals surface area (Å²) in [4.78, 5) is 13.3. The molecule has 0 amide bonds. The van der Waals surface area contributed by atoms with Gasteiger partial charge in [-0.15, -0.1) is 22.0 Å². The van der Waals surface area contributed by atoms with Crippen LogP contribution in [0.4, 0.5) is 0 Å². The zero-order chi connectivity index (χ0) is 17.8. The first kappa shape index (κ1) is 17.5. The van der Waals surface area contributed by atoms with E-state index < -0.39 is 12.1 Å². The molecule has 0 fully saturated rings. The largest absolute Gasteiger partial charge is 0.449 e. The molecule has 128 valence electrons. The smallest absolute Gasteiger partial charge is 0.340 e. The Labute approximate surface area is 154 Å². The number of carbonyl (C=O) groups is 1. The predicted octanol–water partition coefficient (Wildman–Crippen LogP) is 5.03. The van der Waals surface area contributed by atoms with Crippen LogP contribution in [0.3, 0.4) is 0 Å². The number of hydrogen-bond acceptors (Lipinski definition) is 6. The summed E-state index contributed by atoms with van der Waals surface area (Å²) in [6, 6.07) is 14.6. The first-order valence-corrected chi connectivity index (χ1v) is 9.12. The van der Waals surface area contributed by atoms with Crippen LogP contribution >= 0.6 is 23.4 Å². The Bertz CT molecular complexity index is 883. The molecule has 7 heteroatoms. The number of thioether (sulfide) groups is 1. The molecule has 25 heavy (non-hydrogen) atoms. The van der Waals surface area contributed by atoms with E-state index in [0.29, 0.717) is 16.5 Å². The Morgan fingerprint density at radius 3 is 2.68 bits per heavy atom. The molecule has 2 aromatic carbocycles. The number of aromatic nitrogens is 2. The Morgan fingerprint density at radius 1 is 1.20 bits per heavy atom. The highest BCUT2D eigenvalue weighted by molar-refractivity contribution is 7.98. The van der Waals surface area contributed by atoms with Gasteiger partial charge < -0.3 is 9.15 Å².